The van der Waals surface area contributed by atoms with Gasteiger partial charge in [-0.1, -0.05) is 17.7 Å². The molecule has 1 aromatic rings. The van der Waals surface area contributed by atoms with Crippen LogP contribution in [0.2, 0.25) is 0 Å². The van der Waals surface area contributed by atoms with Gasteiger partial charge in [0.25, 0.3) is 0 Å². The summed E-state index contributed by atoms with van der Waals surface area (Å²) in [6.45, 7) is 2.06. The Kier molecular flexibility index (Phi) is 1.33. The van der Waals surface area contributed by atoms with Crippen LogP contribution >= 0.6 is 0 Å². The molecule has 3 rings (SSSR count). The summed E-state index contributed by atoms with van der Waals surface area (Å²) in [4.78, 5) is 1.02. The van der Waals surface area contributed by atoms with Gasteiger partial charge in [0.2, 0.25) is 0 Å². The number of aryl methyl sites for hydroxylation is 1. The molecule has 0 radical (unpaired) electrons. The number of hydrogen-bond acceptors (Lipinski definition) is 1. The lowest BCUT2D eigenvalue weighted by Gasteiger charge is -2.04. The minimum atomic E-state index is -0.724. The van der Waals surface area contributed by atoms with E-state index in [4.69, 9.17) is 0 Å². The van der Waals surface area contributed by atoms with E-state index >= 15 is 0 Å². The fourth-order valence-electron chi connectivity index (χ4n) is 1.86. The van der Waals surface area contributed by atoms with Crippen molar-refractivity contribution < 1.29 is 4.21 Å². The number of hydrogen-bond donors (Lipinski definition) is 0. The van der Waals surface area contributed by atoms with E-state index in [1.54, 1.807) is 0 Å². The number of benzene rings is 1. The first-order valence-corrected chi connectivity index (χ1v) is 5.86. The van der Waals surface area contributed by atoms with Gasteiger partial charge in [-0.05, 0) is 37.8 Å². The molecule has 1 aromatic carbocycles. The zero-order valence-corrected chi connectivity index (χ0v) is 8.43. The van der Waals surface area contributed by atoms with E-state index in [1.165, 1.54) is 18.4 Å². The average Bonchev–Trinajstić information content (AvgIpc) is 2.91. The molecular formula is C11H12OS. The maximum Gasteiger partial charge on any atom is 0.0595 e. The molecule has 0 aliphatic heterocycles. The third-order valence-corrected chi connectivity index (χ3v) is 5.32. The maximum absolute atomic E-state index is 12.0. The minimum absolute atomic E-state index is 0.245. The van der Waals surface area contributed by atoms with Gasteiger partial charge in [-0.15, -0.1) is 0 Å². The summed E-state index contributed by atoms with van der Waals surface area (Å²) in [5.74, 6) is 0.801. The fraction of sp³-hybridized carbons (Fsp3) is 0.455. The summed E-state index contributed by atoms with van der Waals surface area (Å²) in [6.07, 6.45) is 2.40. The second kappa shape index (κ2) is 2.24. The van der Waals surface area contributed by atoms with Crippen molar-refractivity contribution in [2.24, 2.45) is 5.92 Å². The van der Waals surface area contributed by atoms with Crippen LogP contribution in [-0.2, 0) is 10.8 Å². The molecule has 2 aliphatic rings. The van der Waals surface area contributed by atoms with Crippen molar-refractivity contribution in [3.8, 4) is 0 Å². The van der Waals surface area contributed by atoms with Gasteiger partial charge in [0.15, 0.2) is 0 Å². The van der Waals surface area contributed by atoms with E-state index in [9.17, 15) is 4.21 Å². The first kappa shape index (κ1) is 7.74. The first-order valence-electron chi connectivity index (χ1n) is 4.71. The molecule has 0 unspecified atom stereocenters. The Hall–Kier alpha value is -0.630. The molecule has 2 fully saturated rings. The Morgan fingerprint density at radius 3 is 2.31 bits per heavy atom. The number of fused-ring (bicyclic) bond motifs is 1. The Labute approximate surface area is 80.6 Å². The monoisotopic (exact) mass is 192 g/mol. The van der Waals surface area contributed by atoms with Gasteiger partial charge in [0, 0.05) is 4.90 Å². The van der Waals surface area contributed by atoms with E-state index in [1.807, 2.05) is 24.3 Å². The Morgan fingerprint density at radius 1 is 1.31 bits per heavy atom. The Morgan fingerprint density at radius 2 is 1.85 bits per heavy atom. The maximum atomic E-state index is 12.0. The van der Waals surface area contributed by atoms with Gasteiger partial charge in [0.05, 0.1) is 15.5 Å². The van der Waals surface area contributed by atoms with E-state index in [0.717, 1.165) is 10.8 Å². The van der Waals surface area contributed by atoms with Crippen LogP contribution < -0.4 is 0 Å². The molecule has 0 heterocycles. The van der Waals surface area contributed by atoms with Crippen LogP contribution in [0.4, 0.5) is 0 Å². The standard InChI is InChI=1S/C11H12OS/c1-8-2-4-10(5-3-8)13(12)11-6-9(11)7-11/h2-5,9H,6-7H2,1H3/t9?,11?,13-/m0/s1. The van der Waals surface area contributed by atoms with Crippen LogP contribution in [-0.4, -0.2) is 8.96 Å². The van der Waals surface area contributed by atoms with Crippen LogP contribution in [0.1, 0.15) is 18.4 Å². The highest BCUT2D eigenvalue weighted by Crippen LogP contribution is 2.71. The van der Waals surface area contributed by atoms with Gasteiger partial charge in [-0.3, -0.25) is 4.21 Å². The molecule has 68 valence electrons. The van der Waals surface area contributed by atoms with Crippen molar-refractivity contribution in [1.82, 2.24) is 0 Å². The van der Waals surface area contributed by atoms with Crippen LogP contribution in [0.25, 0.3) is 0 Å². The van der Waals surface area contributed by atoms with Crippen LogP contribution in [0.15, 0.2) is 29.2 Å². The lowest BCUT2D eigenvalue weighted by molar-refractivity contribution is 0.676. The van der Waals surface area contributed by atoms with Crippen LogP contribution in [0, 0.1) is 12.8 Å². The second-order valence-corrected chi connectivity index (χ2v) is 6.07. The van der Waals surface area contributed by atoms with Crippen molar-refractivity contribution in [3.05, 3.63) is 29.8 Å². The summed E-state index contributed by atoms with van der Waals surface area (Å²) in [7, 11) is -0.724. The van der Waals surface area contributed by atoms with Crippen molar-refractivity contribution in [2.75, 3.05) is 0 Å². The third kappa shape index (κ3) is 1.01. The van der Waals surface area contributed by atoms with Crippen LogP contribution in [0.5, 0.6) is 0 Å². The molecule has 0 bridgehead atoms. The third-order valence-electron chi connectivity index (χ3n) is 3.21. The topological polar surface area (TPSA) is 17.1 Å². The summed E-state index contributed by atoms with van der Waals surface area (Å²) in [5.41, 5.74) is 1.24. The van der Waals surface area contributed by atoms with E-state index in [2.05, 4.69) is 6.92 Å². The summed E-state index contributed by atoms with van der Waals surface area (Å²) < 4.78 is 12.2. The molecular weight excluding hydrogens is 180 g/mol. The molecule has 0 N–H and O–H groups in total. The zero-order valence-electron chi connectivity index (χ0n) is 7.62. The smallest absolute Gasteiger partial charge is 0.0595 e. The SMILES string of the molecule is Cc1ccc([S@](=O)C23CC2C3)cc1. The Bertz CT molecular complexity index is 374. The number of rotatable bonds is 2. The van der Waals surface area contributed by atoms with Gasteiger partial charge >= 0.3 is 0 Å². The van der Waals surface area contributed by atoms with E-state index < -0.39 is 10.8 Å². The normalized spacial score (nSPS) is 36.5. The van der Waals surface area contributed by atoms with Gasteiger partial charge < -0.3 is 0 Å². The summed E-state index contributed by atoms with van der Waals surface area (Å²) in [6, 6.07) is 8.11. The van der Waals surface area contributed by atoms with Crippen molar-refractivity contribution in [3.63, 3.8) is 0 Å². The highest BCUT2D eigenvalue weighted by molar-refractivity contribution is 7.87. The predicted molar refractivity (Wildman–Crippen MR) is 53.0 cm³/mol. The predicted octanol–water partition coefficient (Wildman–Crippen LogP) is 2.27. The molecule has 0 amide bonds. The lowest BCUT2D eigenvalue weighted by atomic mass is 10.2. The van der Waals surface area contributed by atoms with Gasteiger partial charge in [-0.25, -0.2) is 0 Å². The molecule has 2 saturated carbocycles. The van der Waals surface area contributed by atoms with Crippen molar-refractivity contribution >= 4 is 10.8 Å². The summed E-state index contributed by atoms with van der Waals surface area (Å²) >= 11 is 0. The average molecular weight is 192 g/mol. The van der Waals surface area contributed by atoms with E-state index in [-0.39, 0.29) is 4.75 Å². The molecule has 1 nitrogen and oxygen atoms in total. The van der Waals surface area contributed by atoms with E-state index in [0.29, 0.717) is 0 Å². The molecule has 2 aliphatic carbocycles. The quantitative estimate of drug-likeness (QED) is 0.702. The zero-order chi connectivity index (χ0) is 9.05. The second-order valence-electron chi connectivity index (χ2n) is 4.25. The molecule has 13 heavy (non-hydrogen) atoms. The highest BCUT2D eigenvalue weighted by atomic mass is 32.2. The molecule has 2 heteroatoms. The Balaban J connectivity index is 1.92. The molecule has 0 aromatic heterocycles. The molecule has 0 saturated heterocycles. The molecule has 0 spiro atoms. The lowest BCUT2D eigenvalue weighted by Crippen LogP contribution is -2.05. The van der Waals surface area contributed by atoms with Gasteiger partial charge in [0.1, 0.15) is 0 Å². The van der Waals surface area contributed by atoms with Gasteiger partial charge in [-0.2, -0.15) is 0 Å². The largest absolute Gasteiger partial charge is 0.254 e. The minimum Gasteiger partial charge on any atom is -0.254 e. The molecule has 1 atom stereocenters. The van der Waals surface area contributed by atoms with Crippen molar-refractivity contribution in [1.29, 1.82) is 0 Å². The highest BCUT2D eigenvalue weighted by Gasteiger charge is 2.73. The summed E-state index contributed by atoms with van der Waals surface area (Å²) in [5, 5.41) is 0. The first-order chi connectivity index (χ1) is 6.22. The van der Waals surface area contributed by atoms with Crippen molar-refractivity contribution in [2.45, 2.75) is 29.4 Å². The fourth-order valence-corrected chi connectivity index (χ4v) is 3.72. The van der Waals surface area contributed by atoms with Crippen LogP contribution in [0.3, 0.4) is 0 Å².